The van der Waals surface area contributed by atoms with Gasteiger partial charge in [-0.3, -0.25) is 9.59 Å². The van der Waals surface area contributed by atoms with E-state index in [-0.39, 0.29) is 23.6 Å². The molecule has 158 valence electrons. The molecule has 1 aromatic heterocycles. The molecule has 3 aromatic carbocycles. The Labute approximate surface area is 183 Å². The Bertz CT molecular complexity index is 1370. The van der Waals surface area contributed by atoms with Crippen LogP contribution in [0.3, 0.4) is 0 Å². The molecule has 1 heterocycles. The van der Waals surface area contributed by atoms with Crippen LogP contribution in [0, 0.1) is 5.92 Å². The predicted molar refractivity (Wildman–Crippen MR) is 121 cm³/mol. The predicted octanol–water partition coefficient (Wildman–Crippen LogP) is 4.46. The van der Waals surface area contributed by atoms with Crippen molar-refractivity contribution in [1.29, 1.82) is 0 Å². The third kappa shape index (κ3) is 4.13. The first-order chi connectivity index (χ1) is 15.6. The molecule has 2 N–H and O–H groups in total. The van der Waals surface area contributed by atoms with Crippen LogP contribution in [-0.4, -0.2) is 16.8 Å². The Morgan fingerprint density at radius 2 is 1.50 bits per heavy atom. The lowest BCUT2D eigenvalue weighted by Crippen LogP contribution is -2.14. The van der Waals surface area contributed by atoms with Crippen LogP contribution in [0.25, 0.3) is 22.4 Å². The largest absolute Gasteiger partial charge is 0.403 e. The zero-order valence-corrected chi connectivity index (χ0v) is 17.0. The van der Waals surface area contributed by atoms with Crippen molar-refractivity contribution in [2.24, 2.45) is 5.92 Å². The first-order valence-electron chi connectivity index (χ1n) is 10.3. The molecule has 2 amide bonds. The normalized spacial score (nSPS) is 13.0. The fourth-order valence-corrected chi connectivity index (χ4v) is 3.34. The average Bonchev–Trinajstić information content (AvgIpc) is 3.66. The van der Waals surface area contributed by atoms with E-state index in [0.717, 1.165) is 12.8 Å². The number of carbonyl (C=O) groups excluding carboxylic acids is 2. The monoisotopic (exact) mass is 425 g/mol. The van der Waals surface area contributed by atoms with Crippen LogP contribution >= 0.6 is 0 Å². The van der Waals surface area contributed by atoms with Crippen LogP contribution < -0.4 is 16.3 Å². The number of hydrogen-bond donors (Lipinski definition) is 2. The average molecular weight is 425 g/mol. The molecule has 0 atom stereocenters. The molecule has 1 aliphatic carbocycles. The Balaban J connectivity index is 1.28. The molecule has 1 fully saturated rings. The SMILES string of the molecule is O=C(Nc1ccc(-c2nc3ccccc3c(=O)o2)cc1)c1ccc(NC(=O)C2CC2)cc1. The minimum absolute atomic E-state index is 0.0269. The van der Waals surface area contributed by atoms with Crippen molar-refractivity contribution in [2.45, 2.75) is 12.8 Å². The number of para-hydroxylation sites is 1. The van der Waals surface area contributed by atoms with Gasteiger partial charge in [0.05, 0.1) is 10.9 Å². The standard InChI is InChI=1S/C25H19N3O4/c29-22(15-5-6-15)26-18-11-7-16(8-12-18)23(30)27-19-13-9-17(10-14-19)24-28-21-4-2-1-3-20(21)25(31)32-24/h1-4,7-15H,5-6H2,(H,26,29)(H,27,30). The number of nitrogens with zero attached hydrogens (tertiary/aromatic N) is 1. The summed E-state index contributed by atoms with van der Waals surface area (Å²) in [5.74, 6) is 0.0985. The van der Waals surface area contributed by atoms with E-state index in [1.807, 2.05) is 6.07 Å². The van der Waals surface area contributed by atoms with E-state index in [4.69, 9.17) is 4.42 Å². The number of amides is 2. The van der Waals surface area contributed by atoms with Crippen LogP contribution in [0.2, 0.25) is 0 Å². The van der Waals surface area contributed by atoms with Gasteiger partial charge in [-0.15, -0.1) is 0 Å². The summed E-state index contributed by atoms with van der Waals surface area (Å²) in [7, 11) is 0. The number of carbonyl (C=O) groups is 2. The Kier molecular flexibility index (Phi) is 4.99. The van der Waals surface area contributed by atoms with Crippen molar-refractivity contribution in [2.75, 3.05) is 10.6 Å². The molecule has 1 saturated carbocycles. The van der Waals surface area contributed by atoms with Gasteiger partial charge in [-0.25, -0.2) is 9.78 Å². The maximum absolute atomic E-state index is 12.5. The molecule has 1 aliphatic rings. The molecule has 0 bridgehead atoms. The molecule has 0 saturated heterocycles. The van der Waals surface area contributed by atoms with Gasteiger partial charge in [0.25, 0.3) is 5.91 Å². The first kappa shape index (κ1) is 19.7. The quantitative estimate of drug-likeness (QED) is 0.492. The molecule has 5 rings (SSSR count). The van der Waals surface area contributed by atoms with E-state index in [0.29, 0.717) is 33.4 Å². The number of nitrogens with one attached hydrogen (secondary N) is 2. The fraction of sp³-hybridized carbons (Fsp3) is 0.120. The van der Waals surface area contributed by atoms with Crippen LogP contribution in [0.5, 0.6) is 0 Å². The minimum atomic E-state index is -0.445. The topological polar surface area (TPSA) is 101 Å². The van der Waals surface area contributed by atoms with Crippen LogP contribution in [0.4, 0.5) is 11.4 Å². The molecule has 0 aliphatic heterocycles. The summed E-state index contributed by atoms with van der Waals surface area (Å²) in [6, 6.07) is 20.6. The van der Waals surface area contributed by atoms with Gasteiger partial charge in [-0.05, 0) is 73.5 Å². The summed E-state index contributed by atoms with van der Waals surface area (Å²) in [5, 5.41) is 6.11. The molecule has 0 unspecified atom stereocenters. The van der Waals surface area contributed by atoms with Gasteiger partial charge in [0, 0.05) is 28.4 Å². The van der Waals surface area contributed by atoms with Crippen LogP contribution in [0.1, 0.15) is 23.2 Å². The van der Waals surface area contributed by atoms with E-state index in [2.05, 4.69) is 15.6 Å². The number of hydrogen-bond acceptors (Lipinski definition) is 5. The minimum Gasteiger partial charge on any atom is -0.403 e. The maximum atomic E-state index is 12.5. The van der Waals surface area contributed by atoms with Crippen molar-refractivity contribution in [3.05, 3.63) is 88.8 Å². The van der Waals surface area contributed by atoms with Gasteiger partial charge in [0.2, 0.25) is 11.8 Å². The van der Waals surface area contributed by atoms with Crippen molar-refractivity contribution in [3.8, 4) is 11.5 Å². The number of anilines is 2. The zero-order chi connectivity index (χ0) is 22.1. The zero-order valence-electron chi connectivity index (χ0n) is 17.0. The molecular formula is C25H19N3O4. The lowest BCUT2D eigenvalue weighted by molar-refractivity contribution is -0.117. The van der Waals surface area contributed by atoms with Gasteiger partial charge < -0.3 is 15.1 Å². The lowest BCUT2D eigenvalue weighted by Gasteiger charge is -2.08. The highest BCUT2D eigenvalue weighted by molar-refractivity contribution is 6.04. The van der Waals surface area contributed by atoms with Crippen molar-refractivity contribution >= 4 is 34.1 Å². The highest BCUT2D eigenvalue weighted by Crippen LogP contribution is 2.30. The van der Waals surface area contributed by atoms with Crippen molar-refractivity contribution in [3.63, 3.8) is 0 Å². The second kappa shape index (κ2) is 8.11. The number of rotatable bonds is 5. The van der Waals surface area contributed by atoms with Gasteiger partial charge in [-0.2, -0.15) is 0 Å². The van der Waals surface area contributed by atoms with E-state index in [1.165, 1.54) is 0 Å². The molecule has 0 spiro atoms. The van der Waals surface area contributed by atoms with E-state index < -0.39 is 5.63 Å². The second-order valence-electron chi connectivity index (χ2n) is 7.70. The summed E-state index contributed by atoms with van der Waals surface area (Å²) in [4.78, 5) is 40.9. The second-order valence-corrected chi connectivity index (χ2v) is 7.70. The molecule has 32 heavy (non-hydrogen) atoms. The number of fused-ring (bicyclic) bond motifs is 1. The Hall–Kier alpha value is -4.26. The highest BCUT2D eigenvalue weighted by atomic mass is 16.4. The third-order valence-electron chi connectivity index (χ3n) is 5.29. The summed E-state index contributed by atoms with van der Waals surface area (Å²) in [6.07, 6.45) is 1.88. The summed E-state index contributed by atoms with van der Waals surface area (Å²) < 4.78 is 5.34. The van der Waals surface area contributed by atoms with Crippen LogP contribution in [0.15, 0.2) is 82.0 Å². The molecule has 7 nitrogen and oxygen atoms in total. The number of aromatic nitrogens is 1. The summed E-state index contributed by atoms with van der Waals surface area (Å²) >= 11 is 0. The highest BCUT2D eigenvalue weighted by Gasteiger charge is 2.29. The van der Waals surface area contributed by atoms with Gasteiger partial charge in [0.15, 0.2) is 0 Å². The smallest absolute Gasteiger partial charge is 0.347 e. The van der Waals surface area contributed by atoms with Crippen molar-refractivity contribution in [1.82, 2.24) is 4.98 Å². The van der Waals surface area contributed by atoms with Gasteiger partial charge in [-0.1, -0.05) is 12.1 Å². The van der Waals surface area contributed by atoms with E-state index in [1.54, 1.807) is 66.7 Å². The summed E-state index contributed by atoms with van der Waals surface area (Å²) in [5.41, 5.74) is 2.48. The molecule has 0 radical (unpaired) electrons. The molecule has 7 heteroatoms. The molecular weight excluding hydrogens is 406 g/mol. The fourth-order valence-electron chi connectivity index (χ4n) is 3.34. The first-order valence-corrected chi connectivity index (χ1v) is 10.3. The van der Waals surface area contributed by atoms with E-state index in [9.17, 15) is 14.4 Å². The number of benzene rings is 3. The van der Waals surface area contributed by atoms with Crippen LogP contribution in [-0.2, 0) is 4.79 Å². The van der Waals surface area contributed by atoms with Gasteiger partial charge >= 0.3 is 5.63 Å². The molecule has 4 aromatic rings. The van der Waals surface area contributed by atoms with E-state index >= 15 is 0 Å². The third-order valence-corrected chi connectivity index (χ3v) is 5.29. The maximum Gasteiger partial charge on any atom is 0.347 e. The Morgan fingerprint density at radius 3 is 2.22 bits per heavy atom. The summed E-state index contributed by atoms with van der Waals surface area (Å²) in [6.45, 7) is 0. The lowest BCUT2D eigenvalue weighted by atomic mass is 10.1. The van der Waals surface area contributed by atoms with Crippen molar-refractivity contribution < 1.29 is 14.0 Å². The Morgan fingerprint density at radius 1 is 0.844 bits per heavy atom. The van der Waals surface area contributed by atoms with Gasteiger partial charge in [0.1, 0.15) is 0 Å².